The topological polar surface area (TPSA) is 73.6 Å². The zero-order valence-corrected chi connectivity index (χ0v) is 15.2. The van der Waals surface area contributed by atoms with E-state index in [1.165, 1.54) is 0 Å². The summed E-state index contributed by atoms with van der Waals surface area (Å²) in [5, 5.41) is 3.93. The molecule has 3 aromatic rings. The first-order chi connectivity index (χ1) is 13.2. The normalized spacial score (nSPS) is 19.6. The third-order valence-corrected chi connectivity index (χ3v) is 4.88. The Hall–Kier alpha value is -3.02. The lowest BCUT2D eigenvalue weighted by Gasteiger charge is -2.28. The third kappa shape index (κ3) is 4.05. The van der Waals surface area contributed by atoms with Gasteiger partial charge in [-0.15, -0.1) is 0 Å². The number of methoxy groups -OCH3 is 1. The fourth-order valence-electron chi connectivity index (χ4n) is 3.43. The molecule has 1 aliphatic carbocycles. The minimum absolute atomic E-state index is 0.129. The summed E-state index contributed by atoms with van der Waals surface area (Å²) >= 11 is 0. The number of carbonyl (C=O) groups is 1. The number of aromatic nitrogens is 1. The summed E-state index contributed by atoms with van der Waals surface area (Å²) in [7, 11) is 1.61. The Morgan fingerprint density at radius 1 is 1.15 bits per heavy atom. The molecule has 2 aromatic heterocycles. The second-order valence-corrected chi connectivity index (χ2v) is 6.75. The third-order valence-electron chi connectivity index (χ3n) is 4.88. The fourth-order valence-corrected chi connectivity index (χ4v) is 3.43. The molecular formula is C21H22N2O4. The van der Waals surface area contributed by atoms with E-state index in [9.17, 15) is 4.79 Å². The van der Waals surface area contributed by atoms with E-state index in [0.717, 1.165) is 36.8 Å². The molecule has 6 heteroatoms. The van der Waals surface area contributed by atoms with Crippen molar-refractivity contribution in [1.82, 2.24) is 10.3 Å². The number of furan rings is 1. The average molecular weight is 366 g/mol. The molecule has 1 amide bonds. The molecule has 0 unspecified atom stereocenters. The van der Waals surface area contributed by atoms with Crippen molar-refractivity contribution in [2.45, 2.75) is 37.8 Å². The highest BCUT2D eigenvalue weighted by atomic mass is 16.5. The van der Waals surface area contributed by atoms with Gasteiger partial charge in [-0.25, -0.2) is 4.98 Å². The number of nitrogens with one attached hydrogen (secondary N) is 1. The zero-order valence-electron chi connectivity index (χ0n) is 15.2. The number of amides is 1. The van der Waals surface area contributed by atoms with Crippen molar-refractivity contribution in [1.29, 1.82) is 0 Å². The molecule has 1 saturated carbocycles. The molecule has 1 fully saturated rings. The molecule has 0 atom stereocenters. The van der Waals surface area contributed by atoms with Gasteiger partial charge in [-0.05, 0) is 56.0 Å². The molecule has 0 saturated heterocycles. The molecule has 1 N–H and O–H groups in total. The first kappa shape index (κ1) is 17.4. The van der Waals surface area contributed by atoms with Gasteiger partial charge in [-0.3, -0.25) is 4.79 Å². The summed E-state index contributed by atoms with van der Waals surface area (Å²) in [5.74, 6) is 1.54. The van der Waals surface area contributed by atoms with Crippen LogP contribution in [0.2, 0.25) is 0 Å². The van der Waals surface area contributed by atoms with E-state index in [1.807, 2.05) is 36.4 Å². The lowest BCUT2D eigenvalue weighted by molar-refractivity contribution is 0.0865. The van der Waals surface area contributed by atoms with Crippen molar-refractivity contribution in [2.24, 2.45) is 0 Å². The van der Waals surface area contributed by atoms with E-state index < -0.39 is 0 Å². The van der Waals surface area contributed by atoms with Gasteiger partial charge in [0.25, 0.3) is 5.91 Å². The van der Waals surface area contributed by atoms with Crippen LogP contribution < -0.4 is 14.8 Å². The van der Waals surface area contributed by atoms with E-state index in [1.54, 1.807) is 19.4 Å². The number of carbonyl (C=O) groups excluding carboxylic acids is 1. The SMILES string of the molecule is COc1ccc2oc(C(=O)NC3CCC(Oc4ccccn4)CC3)cc2c1. The largest absolute Gasteiger partial charge is 0.497 e. The Balaban J connectivity index is 1.33. The molecule has 4 rings (SSSR count). The van der Waals surface area contributed by atoms with Crippen LogP contribution in [-0.4, -0.2) is 30.1 Å². The van der Waals surface area contributed by atoms with Crippen LogP contribution in [0.1, 0.15) is 36.2 Å². The summed E-state index contributed by atoms with van der Waals surface area (Å²) < 4.78 is 16.8. The highest BCUT2D eigenvalue weighted by Gasteiger charge is 2.25. The maximum Gasteiger partial charge on any atom is 0.287 e. The minimum atomic E-state index is -0.181. The van der Waals surface area contributed by atoms with Crippen molar-refractivity contribution in [3.63, 3.8) is 0 Å². The van der Waals surface area contributed by atoms with Crippen LogP contribution in [0.3, 0.4) is 0 Å². The Bertz CT molecular complexity index is 914. The first-order valence-electron chi connectivity index (χ1n) is 9.17. The number of hydrogen-bond donors (Lipinski definition) is 1. The summed E-state index contributed by atoms with van der Waals surface area (Å²) in [5.41, 5.74) is 0.674. The lowest BCUT2D eigenvalue weighted by atomic mass is 9.93. The molecule has 1 aromatic carbocycles. The number of hydrogen-bond acceptors (Lipinski definition) is 5. The van der Waals surface area contributed by atoms with Crippen LogP contribution in [0, 0.1) is 0 Å². The molecule has 0 aliphatic heterocycles. The molecule has 2 heterocycles. The van der Waals surface area contributed by atoms with E-state index in [4.69, 9.17) is 13.9 Å². The molecule has 0 spiro atoms. The zero-order chi connectivity index (χ0) is 18.6. The van der Waals surface area contributed by atoms with E-state index in [2.05, 4.69) is 10.3 Å². The van der Waals surface area contributed by atoms with Crippen molar-refractivity contribution >= 4 is 16.9 Å². The van der Waals surface area contributed by atoms with Crippen LogP contribution in [0.15, 0.2) is 53.1 Å². The maximum absolute atomic E-state index is 12.5. The van der Waals surface area contributed by atoms with Crippen molar-refractivity contribution in [3.8, 4) is 11.6 Å². The second kappa shape index (κ2) is 7.70. The van der Waals surface area contributed by atoms with Crippen LogP contribution >= 0.6 is 0 Å². The Morgan fingerprint density at radius 2 is 2.00 bits per heavy atom. The van der Waals surface area contributed by atoms with Crippen LogP contribution in [-0.2, 0) is 0 Å². The van der Waals surface area contributed by atoms with Crippen LogP contribution in [0.4, 0.5) is 0 Å². The molecule has 0 bridgehead atoms. The lowest BCUT2D eigenvalue weighted by Crippen LogP contribution is -2.39. The standard InChI is InChI=1S/C21H22N2O4/c1-25-17-9-10-18-14(12-17)13-19(27-18)21(24)23-15-5-7-16(8-6-15)26-20-4-2-3-11-22-20/h2-4,9-13,15-16H,5-8H2,1H3,(H,23,24). The Morgan fingerprint density at radius 3 is 2.74 bits per heavy atom. The van der Waals surface area contributed by atoms with Crippen molar-refractivity contribution in [2.75, 3.05) is 7.11 Å². The number of pyridine rings is 1. The van der Waals surface area contributed by atoms with E-state index in [-0.39, 0.29) is 18.1 Å². The maximum atomic E-state index is 12.5. The summed E-state index contributed by atoms with van der Waals surface area (Å²) in [6.07, 6.45) is 5.39. The van der Waals surface area contributed by atoms with Gasteiger partial charge in [0.2, 0.25) is 5.88 Å². The highest BCUT2D eigenvalue weighted by molar-refractivity contribution is 5.96. The number of rotatable bonds is 5. The minimum Gasteiger partial charge on any atom is -0.497 e. The first-order valence-corrected chi connectivity index (χ1v) is 9.17. The summed E-state index contributed by atoms with van der Waals surface area (Å²) in [4.78, 5) is 16.7. The molecule has 6 nitrogen and oxygen atoms in total. The average Bonchev–Trinajstić information content (AvgIpc) is 3.13. The number of ether oxygens (including phenoxy) is 2. The van der Waals surface area contributed by atoms with Gasteiger partial charge in [0, 0.05) is 23.7 Å². The predicted octanol–water partition coefficient (Wildman–Crippen LogP) is 3.96. The van der Waals surface area contributed by atoms with Crippen molar-refractivity contribution < 1.29 is 18.7 Å². The van der Waals surface area contributed by atoms with Gasteiger partial charge in [-0.1, -0.05) is 6.07 Å². The Kier molecular flexibility index (Phi) is 4.96. The van der Waals surface area contributed by atoms with Gasteiger partial charge in [0.05, 0.1) is 7.11 Å². The van der Waals surface area contributed by atoms with Gasteiger partial charge >= 0.3 is 0 Å². The molecule has 1 aliphatic rings. The number of fused-ring (bicyclic) bond motifs is 1. The highest BCUT2D eigenvalue weighted by Crippen LogP contribution is 2.26. The van der Waals surface area contributed by atoms with Gasteiger partial charge < -0.3 is 19.2 Å². The van der Waals surface area contributed by atoms with E-state index >= 15 is 0 Å². The van der Waals surface area contributed by atoms with Gasteiger partial charge in [0.15, 0.2) is 5.76 Å². The summed E-state index contributed by atoms with van der Waals surface area (Å²) in [6.45, 7) is 0. The molecular weight excluding hydrogens is 344 g/mol. The van der Waals surface area contributed by atoms with Gasteiger partial charge in [-0.2, -0.15) is 0 Å². The smallest absolute Gasteiger partial charge is 0.287 e. The fraction of sp³-hybridized carbons (Fsp3) is 0.333. The number of nitrogens with zero attached hydrogens (tertiary/aromatic N) is 1. The second-order valence-electron chi connectivity index (χ2n) is 6.75. The molecule has 140 valence electrons. The molecule has 0 radical (unpaired) electrons. The predicted molar refractivity (Wildman–Crippen MR) is 101 cm³/mol. The Labute approximate surface area is 157 Å². The van der Waals surface area contributed by atoms with E-state index in [0.29, 0.717) is 17.2 Å². The van der Waals surface area contributed by atoms with Crippen molar-refractivity contribution in [3.05, 3.63) is 54.4 Å². The quantitative estimate of drug-likeness (QED) is 0.740. The number of benzene rings is 1. The monoisotopic (exact) mass is 366 g/mol. The van der Waals surface area contributed by atoms with Crippen LogP contribution in [0.5, 0.6) is 11.6 Å². The van der Waals surface area contributed by atoms with Crippen LogP contribution in [0.25, 0.3) is 11.0 Å². The molecule has 27 heavy (non-hydrogen) atoms. The summed E-state index contributed by atoms with van der Waals surface area (Å²) in [6, 6.07) is 13.0. The van der Waals surface area contributed by atoms with Gasteiger partial charge in [0.1, 0.15) is 17.4 Å².